The van der Waals surface area contributed by atoms with Gasteiger partial charge in [0.1, 0.15) is 5.82 Å². The fourth-order valence-corrected chi connectivity index (χ4v) is 2.18. The topological polar surface area (TPSA) is 34.6 Å². The molecule has 1 aromatic heterocycles. The van der Waals surface area contributed by atoms with E-state index in [1.165, 1.54) is 0 Å². The Morgan fingerprint density at radius 2 is 1.75 bits per heavy atom. The Kier molecular flexibility index (Phi) is 8.94. The molecule has 0 fully saturated rings. The Balaban J connectivity index is 2.73. The van der Waals surface area contributed by atoms with Crippen molar-refractivity contribution in [3.05, 3.63) is 22.8 Å². The molecule has 0 aliphatic carbocycles. The first-order valence-corrected chi connectivity index (χ1v) is 7.75. The molecule has 0 saturated heterocycles. The number of aromatic nitrogens is 1. The third kappa shape index (κ3) is 5.83. The molecule has 0 aliphatic heterocycles. The summed E-state index contributed by atoms with van der Waals surface area (Å²) in [6, 6.07) is 1.92. The third-order valence-electron chi connectivity index (χ3n) is 2.81. The van der Waals surface area contributed by atoms with Gasteiger partial charge < -0.3 is 14.4 Å². The van der Waals surface area contributed by atoms with Crippen LogP contribution in [0, 0.1) is 0 Å². The minimum atomic E-state index is 0.374. The maximum atomic E-state index is 6.04. The standard InChI is InChI=1S/C14H22Cl2N2O2/c1-3-19-7-5-18(6-8-20-4-2)14-9-12(10-15)13(16)11-17-14/h9,11H,3-8,10H2,1-2H3. The number of pyridine rings is 1. The number of halogens is 2. The lowest BCUT2D eigenvalue weighted by atomic mass is 10.3. The second-order valence-corrected chi connectivity index (χ2v) is 4.82. The lowest BCUT2D eigenvalue weighted by molar-refractivity contribution is 0.141. The van der Waals surface area contributed by atoms with Crippen LogP contribution >= 0.6 is 23.2 Å². The summed E-state index contributed by atoms with van der Waals surface area (Å²) in [5, 5.41) is 0.596. The van der Waals surface area contributed by atoms with Gasteiger partial charge in [0.15, 0.2) is 0 Å². The molecule has 0 radical (unpaired) electrons. The smallest absolute Gasteiger partial charge is 0.129 e. The van der Waals surface area contributed by atoms with Crippen molar-refractivity contribution in [2.24, 2.45) is 0 Å². The number of rotatable bonds is 10. The van der Waals surface area contributed by atoms with Crippen molar-refractivity contribution < 1.29 is 9.47 Å². The Morgan fingerprint density at radius 3 is 2.25 bits per heavy atom. The number of alkyl halides is 1. The molecule has 0 atom stereocenters. The molecule has 1 rings (SSSR count). The zero-order valence-corrected chi connectivity index (χ0v) is 13.6. The quantitative estimate of drug-likeness (QED) is 0.489. The zero-order chi connectivity index (χ0) is 14.8. The summed E-state index contributed by atoms with van der Waals surface area (Å²) >= 11 is 11.9. The van der Waals surface area contributed by atoms with Gasteiger partial charge in [0.2, 0.25) is 0 Å². The van der Waals surface area contributed by atoms with E-state index < -0.39 is 0 Å². The molecule has 1 heterocycles. The van der Waals surface area contributed by atoms with Crippen molar-refractivity contribution in [1.29, 1.82) is 0 Å². The molecule has 0 bridgehead atoms. The maximum Gasteiger partial charge on any atom is 0.129 e. The zero-order valence-electron chi connectivity index (χ0n) is 12.1. The predicted molar refractivity (Wildman–Crippen MR) is 84.0 cm³/mol. The summed E-state index contributed by atoms with van der Waals surface area (Å²) in [4.78, 5) is 6.49. The average Bonchev–Trinajstić information content (AvgIpc) is 2.47. The van der Waals surface area contributed by atoms with E-state index in [-0.39, 0.29) is 0 Å². The highest BCUT2D eigenvalue weighted by molar-refractivity contribution is 6.32. The molecule has 0 aromatic carbocycles. The minimum Gasteiger partial charge on any atom is -0.380 e. The minimum absolute atomic E-state index is 0.374. The number of nitrogens with zero attached hydrogens (tertiary/aromatic N) is 2. The molecule has 0 amide bonds. The second-order valence-electron chi connectivity index (χ2n) is 4.15. The van der Waals surface area contributed by atoms with Crippen molar-refractivity contribution >= 4 is 29.0 Å². The van der Waals surface area contributed by atoms with Crippen LogP contribution in [0.2, 0.25) is 5.02 Å². The molecule has 114 valence electrons. The van der Waals surface area contributed by atoms with Crippen molar-refractivity contribution in [1.82, 2.24) is 4.98 Å². The summed E-state index contributed by atoms with van der Waals surface area (Å²) in [5.41, 5.74) is 0.885. The van der Waals surface area contributed by atoms with E-state index in [4.69, 9.17) is 32.7 Å². The summed E-state index contributed by atoms with van der Waals surface area (Å²) in [5.74, 6) is 1.23. The Labute approximate surface area is 131 Å². The molecule has 4 nitrogen and oxygen atoms in total. The van der Waals surface area contributed by atoms with Gasteiger partial charge in [0.25, 0.3) is 0 Å². The number of ether oxygens (including phenoxy) is 2. The first kappa shape index (κ1) is 17.5. The van der Waals surface area contributed by atoms with E-state index in [1.807, 2.05) is 19.9 Å². The lowest BCUT2D eigenvalue weighted by Crippen LogP contribution is -2.32. The average molecular weight is 321 g/mol. The Bertz CT molecular complexity index is 381. The molecule has 0 saturated carbocycles. The van der Waals surface area contributed by atoms with Gasteiger partial charge in [-0.05, 0) is 25.5 Å². The van der Waals surface area contributed by atoms with E-state index in [2.05, 4.69) is 9.88 Å². The van der Waals surface area contributed by atoms with Crippen LogP contribution in [0.3, 0.4) is 0 Å². The van der Waals surface area contributed by atoms with Gasteiger partial charge >= 0.3 is 0 Å². The molecule has 0 N–H and O–H groups in total. The molecular formula is C14H22Cl2N2O2. The van der Waals surface area contributed by atoms with Gasteiger partial charge in [0, 0.05) is 38.4 Å². The van der Waals surface area contributed by atoms with Crippen LogP contribution in [0.5, 0.6) is 0 Å². The van der Waals surface area contributed by atoms with Crippen molar-refractivity contribution in [2.75, 3.05) is 44.4 Å². The highest BCUT2D eigenvalue weighted by Gasteiger charge is 2.10. The summed E-state index contributed by atoms with van der Waals surface area (Å²) < 4.78 is 10.8. The maximum absolute atomic E-state index is 6.04. The first-order valence-electron chi connectivity index (χ1n) is 6.83. The van der Waals surface area contributed by atoms with Crippen molar-refractivity contribution in [3.63, 3.8) is 0 Å². The van der Waals surface area contributed by atoms with Gasteiger partial charge in [-0.15, -0.1) is 11.6 Å². The van der Waals surface area contributed by atoms with Crippen LogP contribution in [-0.2, 0) is 15.4 Å². The molecular weight excluding hydrogens is 299 g/mol. The van der Waals surface area contributed by atoms with E-state index in [9.17, 15) is 0 Å². The number of anilines is 1. The number of hydrogen-bond acceptors (Lipinski definition) is 4. The van der Waals surface area contributed by atoms with Crippen LogP contribution in [0.25, 0.3) is 0 Å². The normalized spacial score (nSPS) is 10.8. The molecule has 20 heavy (non-hydrogen) atoms. The second kappa shape index (κ2) is 10.2. The van der Waals surface area contributed by atoms with Crippen LogP contribution in [0.15, 0.2) is 12.3 Å². The molecule has 0 aliphatic rings. The van der Waals surface area contributed by atoms with Gasteiger partial charge in [0.05, 0.1) is 18.2 Å². The highest BCUT2D eigenvalue weighted by Crippen LogP contribution is 2.21. The van der Waals surface area contributed by atoms with E-state index >= 15 is 0 Å². The Morgan fingerprint density at radius 1 is 1.15 bits per heavy atom. The van der Waals surface area contributed by atoms with Crippen LogP contribution < -0.4 is 4.90 Å². The van der Waals surface area contributed by atoms with E-state index in [1.54, 1.807) is 6.20 Å². The van der Waals surface area contributed by atoms with Crippen molar-refractivity contribution in [3.8, 4) is 0 Å². The SMILES string of the molecule is CCOCCN(CCOCC)c1cc(CCl)c(Cl)cn1. The van der Waals surface area contributed by atoms with Crippen LogP contribution in [0.1, 0.15) is 19.4 Å². The summed E-state index contributed by atoms with van der Waals surface area (Å²) in [6.45, 7) is 8.22. The van der Waals surface area contributed by atoms with Crippen molar-refractivity contribution in [2.45, 2.75) is 19.7 Å². The molecule has 1 aromatic rings. The highest BCUT2D eigenvalue weighted by atomic mass is 35.5. The third-order valence-corrected chi connectivity index (χ3v) is 3.44. The molecule has 0 unspecified atom stereocenters. The van der Waals surface area contributed by atoms with E-state index in [0.29, 0.717) is 37.3 Å². The van der Waals surface area contributed by atoms with Gasteiger partial charge in [-0.25, -0.2) is 4.98 Å². The fourth-order valence-electron chi connectivity index (χ4n) is 1.72. The van der Waals surface area contributed by atoms with Gasteiger partial charge in [-0.2, -0.15) is 0 Å². The Hall–Kier alpha value is -0.550. The molecule has 6 heteroatoms. The fraction of sp³-hybridized carbons (Fsp3) is 0.643. The molecule has 0 spiro atoms. The predicted octanol–water partition coefficient (Wildman–Crippen LogP) is 3.35. The summed E-state index contributed by atoms with van der Waals surface area (Å²) in [7, 11) is 0. The summed E-state index contributed by atoms with van der Waals surface area (Å²) in [6.07, 6.45) is 1.64. The largest absolute Gasteiger partial charge is 0.380 e. The van der Waals surface area contributed by atoms with Gasteiger partial charge in [-0.3, -0.25) is 0 Å². The lowest BCUT2D eigenvalue weighted by Gasteiger charge is -2.24. The van der Waals surface area contributed by atoms with Crippen LogP contribution in [-0.4, -0.2) is 44.5 Å². The van der Waals surface area contributed by atoms with E-state index in [0.717, 1.165) is 24.5 Å². The first-order chi connectivity index (χ1) is 9.72. The number of hydrogen-bond donors (Lipinski definition) is 0. The monoisotopic (exact) mass is 320 g/mol. The van der Waals surface area contributed by atoms with Gasteiger partial charge in [-0.1, -0.05) is 11.6 Å². The van der Waals surface area contributed by atoms with Crippen LogP contribution in [0.4, 0.5) is 5.82 Å².